The van der Waals surface area contributed by atoms with Crippen LogP contribution in [0.1, 0.15) is 44.7 Å². The molecule has 7 nitrogen and oxygen atoms in total. The van der Waals surface area contributed by atoms with Crippen LogP contribution in [0.4, 0.5) is 4.79 Å². The maximum atomic E-state index is 12.7. The molecule has 0 heterocycles. The second kappa shape index (κ2) is 11.3. The third-order valence-corrected chi connectivity index (χ3v) is 4.67. The summed E-state index contributed by atoms with van der Waals surface area (Å²) >= 11 is 0. The summed E-state index contributed by atoms with van der Waals surface area (Å²) in [7, 11) is 0. The lowest BCUT2D eigenvalue weighted by molar-refractivity contribution is -0.130. The van der Waals surface area contributed by atoms with E-state index < -0.39 is 12.1 Å². The molecule has 1 aromatic carbocycles. The highest BCUT2D eigenvalue weighted by Crippen LogP contribution is 2.12. The van der Waals surface area contributed by atoms with Gasteiger partial charge in [0.1, 0.15) is 0 Å². The van der Waals surface area contributed by atoms with Crippen LogP contribution in [0.5, 0.6) is 0 Å². The van der Waals surface area contributed by atoms with Crippen LogP contribution in [0.2, 0.25) is 0 Å². The summed E-state index contributed by atoms with van der Waals surface area (Å²) in [5, 5.41) is 14.4. The molecule has 1 rings (SSSR count). The molecule has 0 bridgehead atoms. The first-order valence-corrected chi connectivity index (χ1v) is 9.29. The number of hydrogen-bond acceptors (Lipinski definition) is 4. The van der Waals surface area contributed by atoms with Crippen molar-refractivity contribution in [3.63, 3.8) is 0 Å². The lowest BCUT2D eigenvalue weighted by atomic mass is 9.95. The van der Waals surface area contributed by atoms with Gasteiger partial charge in [0.25, 0.3) is 0 Å². The number of carbonyl (C=O) groups excluding carboxylic acids is 3. The third kappa shape index (κ3) is 8.21. The monoisotopic (exact) mass is 377 g/mol. The predicted octanol–water partition coefficient (Wildman–Crippen LogP) is 1.52. The van der Waals surface area contributed by atoms with Crippen LogP contribution in [0.25, 0.3) is 0 Å². The van der Waals surface area contributed by atoms with Gasteiger partial charge in [-0.1, -0.05) is 45.0 Å². The van der Waals surface area contributed by atoms with Gasteiger partial charge in [0, 0.05) is 18.9 Å². The molecule has 0 saturated heterocycles. The van der Waals surface area contributed by atoms with Crippen LogP contribution < -0.4 is 16.4 Å². The molecule has 0 aliphatic rings. The molecule has 0 aromatic heterocycles. The number of primary amides is 1. The Bertz CT molecular complexity index is 629. The van der Waals surface area contributed by atoms with Crippen LogP contribution >= 0.6 is 0 Å². The smallest absolute Gasteiger partial charge is 0.312 e. The summed E-state index contributed by atoms with van der Waals surface area (Å²) in [5.74, 6) is -0.270. The van der Waals surface area contributed by atoms with E-state index >= 15 is 0 Å². The highest BCUT2D eigenvalue weighted by atomic mass is 16.3. The van der Waals surface area contributed by atoms with Gasteiger partial charge in [-0.3, -0.25) is 9.59 Å². The number of nitrogens with two attached hydrogens (primary N) is 1. The van der Waals surface area contributed by atoms with Crippen molar-refractivity contribution >= 4 is 17.7 Å². The summed E-state index contributed by atoms with van der Waals surface area (Å²) in [6.07, 6.45) is 1.14. The van der Waals surface area contributed by atoms with Crippen LogP contribution in [-0.4, -0.2) is 35.4 Å². The van der Waals surface area contributed by atoms with Gasteiger partial charge >= 0.3 is 6.03 Å². The fourth-order valence-electron chi connectivity index (χ4n) is 2.52. The predicted molar refractivity (Wildman–Crippen MR) is 104 cm³/mol. The first kappa shape index (κ1) is 22.6. The maximum Gasteiger partial charge on any atom is 0.312 e. The zero-order valence-electron chi connectivity index (χ0n) is 16.3. The molecule has 150 valence electrons. The molecular weight excluding hydrogens is 346 g/mol. The lowest BCUT2D eigenvalue weighted by Crippen LogP contribution is -2.45. The number of nitrogens with one attached hydrogen (secondary N) is 2. The van der Waals surface area contributed by atoms with Crippen LogP contribution in [0.3, 0.4) is 0 Å². The minimum Gasteiger partial charge on any atom is -0.392 e. The normalized spacial score (nSPS) is 13.1. The van der Waals surface area contributed by atoms with Crippen molar-refractivity contribution in [2.75, 3.05) is 6.54 Å². The zero-order chi connectivity index (χ0) is 20.4. The summed E-state index contributed by atoms with van der Waals surface area (Å²) in [4.78, 5) is 35.9. The van der Waals surface area contributed by atoms with Crippen molar-refractivity contribution in [2.24, 2.45) is 17.6 Å². The maximum absolute atomic E-state index is 12.7. The molecule has 7 heteroatoms. The molecule has 2 unspecified atom stereocenters. The summed E-state index contributed by atoms with van der Waals surface area (Å²) in [5.41, 5.74) is 6.64. The van der Waals surface area contributed by atoms with Gasteiger partial charge in [-0.2, -0.15) is 0 Å². The van der Waals surface area contributed by atoms with Gasteiger partial charge < -0.3 is 21.5 Å². The third-order valence-electron chi connectivity index (χ3n) is 4.67. The molecule has 5 N–H and O–H groups in total. The van der Waals surface area contributed by atoms with Gasteiger partial charge in [-0.05, 0) is 29.9 Å². The minimum absolute atomic E-state index is 0.0487. The second-order valence-electron chi connectivity index (χ2n) is 7.14. The van der Waals surface area contributed by atoms with Crippen molar-refractivity contribution in [1.29, 1.82) is 0 Å². The van der Waals surface area contributed by atoms with Crippen LogP contribution in [0, 0.1) is 11.8 Å². The Morgan fingerprint density at radius 3 is 2.19 bits per heavy atom. The van der Waals surface area contributed by atoms with Crippen molar-refractivity contribution in [2.45, 2.75) is 52.7 Å². The summed E-state index contributed by atoms with van der Waals surface area (Å²) in [6, 6.07) is 5.91. The van der Waals surface area contributed by atoms with Gasteiger partial charge in [-0.25, -0.2) is 4.79 Å². The molecule has 3 amide bonds. The zero-order valence-corrected chi connectivity index (χ0v) is 16.3. The Hall–Kier alpha value is -2.41. The summed E-state index contributed by atoms with van der Waals surface area (Å²) < 4.78 is 0. The number of Topliss-reactive ketones (excluding diaryl/α,β-unsaturated/α-hetero) is 1. The van der Waals surface area contributed by atoms with Gasteiger partial charge in [0.05, 0.1) is 12.6 Å². The topological polar surface area (TPSA) is 122 Å². The molecule has 1 aromatic rings. The quantitative estimate of drug-likeness (QED) is 0.437. The number of benzene rings is 1. The minimum atomic E-state index is -0.620. The molecule has 0 fully saturated rings. The van der Waals surface area contributed by atoms with Crippen LogP contribution in [0.15, 0.2) is 24.3 Å². The first-order valence-electron chi connectivity index (χ1n) is 9.29. The molecule has 27 heavy (non-hydrogen) atoms. The Kier molecular flexibility index (Phi) is 9.50. The number of ketones is 1. The van der Waals surface area contributed by atoms with Crippen molar-refractivity contribution in [3.05, 3.63) is 35.4 Å². The Labute approximate surface area is 160 Å². The Morgan fingerprint density at radius 1 is 1.07 bits per heavy atom. The molecule has 0 spiro atoms. The Morgan fingerprint density at radius 2 is 1.67 bits per heavy atom. The molecule has 2 atom stereocenters. The highest BCUT2D eigenvalue weighted by Gasteiger charge is 2.24. The fraction of sp³-hybridized carbons (Fsp3) is 0.550. The summed E-state index contributed by atoms with van der Waals surface area (Å²) in [6.45, 7) is 6.05. The number of urea groups is 1. The van der Waals surface area contributed by atoms with E-state index in [1.807, 2.05) is 20.8 Å². The number of amides is 3. The van der Waals surface area contributed by atoms with E-state index in [1.54, 1.807) is 24.3 Å². The molecule has 0 aliphatic carbocycles. The van der Waals surface area contributed by atoms with E-state index in [9.17, 15) is 14.4 Å². The highest BCUT2D eigenvalue weighted by molar-refractivity contribution is 5.91. The van der Waals surface area contributed by atoms with Crippen molar-refractivity contribution < 1.29 is 19.5 Å². The van der Waals surface area contributed by atoms with Crippen molar-refractivity contribution in [3.8, 4) is 0 Å². The second-order valence-corrected chi connectivity index (χ2v) is 7.14. The Balaban J connectivity index is 2.75. The number of aliphatic hydroxyl groups excluding tert-OH is 1. The molecule has 0 aliphatic heterocycles. The van der Waals surface area contributed by atoms with Gasteiger partial charge in [-0.15, -0.1) is 0 Å². The van der Waals surface area contributed by atoms with E-state index in [4.69, 9.17) is 10.8 Å². The standard InChI is InChI=1S/C20H31N3O4/c1-13(2)14(3)19(26)23-17(5-4-10-22-20(21)27)18(25)11-15-6-8-16(12-24)9-7-15/h6-9,13-14,17,24H,4-5,10-12H2,1-3H3,(H,23,26)(H3,21,22,27). The van der Waals surface area contributed by atoms with E-state index in [0.717, 1.165) is 11.1 Å². The lowest BCUT2D eigenvalue weighted by Gasteiger charge is -2.22. The largest absolute Gasteiger partial charge is 0.392 e. The van der Waals surface area contributed by atoms with E-state index in [-0.39, 0.29) is 36.6 Å². The fourth-order valence-corrected chi connectivity index (χ4v) is 2.52. The van der Waals surface area contributed by atoms with E-state index in [0.29, 0.717) is 19.4 Å². The molecule has 0 radical (unpaired) electrons. The van der Waals surface area contributed by atoms with Crippen molar-refractivity contribution in [1.82, 2.24) is 10.6 Å². The number of aliphatic hydroxyl groups is 1. The number of carbonyl (C=O) groups is 3. The molecule has 0 saturated carbocycles. The number of rotatable bonds is 11. The van der Waals surface area contributed by atoms with E-state index in [1.165, 1.54) is 0 Å². The number of hydrogen-bond donors (Lipinski definition) is 4. The average molecular weight is 377 g/mol. The van der Waals surface area contributed by atoms with Crippen LogP contribution in [-0.2, 0) is 22.6 Å². The first-order chi connectivity index (χ1) is 12.7. The van der Waals surface area contributed by atoms with E-state index in [2.05, 4.69) is 10.6 Å². The average Bonchev–Trinajstić information content (AvgIpc) is 2.63. The SMILES string of the molecule is CC(C)C(C)C(=O)NC(CCCNC(N)=O)C(=O)Cc1ccc(CO)cc1. The van der Waals surface area contributed by atoms with Gasteiger partial charge in [0.2, 0.25) is 5.91 Å². The molecular formula is C20H31N3O4. The van der Waals surface area contributed by atoms with Gasteiger partial charge in [0.15, 0.2) is 5.78 Å².